The number of benzene rings is 6. The number of anilines is 3. The standard InChI is InChI=1S/C45H42BNO2/c1-43(2)40-20-14-13-19-38(40)39-28-26-36(30-41(39)43)47(35-24-22-34(23-25-35)46-48-44(3,4)45(5,6)49-46)42-29-33(31-15-9-7-10-16-31)21-27-37(42)32-17-11-8-12-18-32/h7-30H,1-6H3. The van der Waals surface area contributed by atoms with E-state index in [0.29, 0.717) is 0 Å². The monoisotopic (exact) mass is 639 g/mol. The summed E-state index contributed by atoms with van der Waals surface area (Å²) in [4.78, 5) is 2.42. The lowest BCUT2D eigenvalue weighted by atomic mass is 9.79. The molecular formula is C45H42BNO2. The van der Waals surface area contributed by atoms with Crippen LogP contribution in [0.1, 0.15) is 52.7 Å². The number of rotatable bonds is 6. The van der Waals surface area contributed by atoms with E-state index in [4.69, 9.17) is 9.31 Å². The quantitative estimate of drug-likeness (QED) is 0.169. The Morgan fingerprint density at radius 1 is 0.449 bits per heavy atom. The first-order chi connectivity index (χ1) is 23.5. The molecule has 6 aromatic rings. The average Bonchev–Trinajstić information content (AvgIpc) is 3.48. The van der Waals surface area contributed by atoms with Crippen LogP contribution in [0.2, 0.25) is 0 Å². The summed E-state index contributed by atoms with van der Waals surface area (Å²) in [6.45, 7) is 13.1. The molecule has 0 bridgehead atoms. The van der Waals surface area contributed by atoms with Crippen LogP contribution in [-0.4, -0.2) is 18.3 Å². The van der Waals surface area contributed by atoms with Crippen molar-refractivity contribution in [1.82, 2.24) is 0 Å². The molecule has 1 heterocycles. The second kappa shape index (κ2) is 11.6. The highest BCUT2D eigenvalue weighted by Crippen LogP contribution is 2.51. The topological polar surface area (TPSA) is 21.7 Å². The van der Waals surface area contributed by atoms with Gasteiger partial charge in [-0.05, 0) is 102 Å². The van der Waals surface area contributed by atoms with Crippen molar-refractivity contribution in [3.05, 3.63) is 157 Å². The van der Waals surface area contributed by atoms with Crippen LogP contribution in [-0.2, 0) is 14.7 Å². The molecule has 0 spiro atoms. The lowest BCUT2D eigenvalue weighted by molar-refractivity contribution is 0.00578. The Morgan fingerprint density at radius 2 is 1.00 bits per heavy atom. The fourth-order valence-corrected chi connectivity index (χ4v) is 7.41. The molecule has 0 N–H and O–H groups in total. The molecule has 0 unspecified atom stereocenters. The zero-order valence-electron chi connectivity index (χ0n) is 29.2. The maximum atomic E-state index is 6.43. The molecule has 0 saturated carbocycles. The van der Waals surface area contributed by atoms with Crippen LogP contribution in [0.4, 0.5) is 17.1 Å². The molecule has 1 aliphatic carbocycles. The number of hydrogen-bond donors (Lipinski definition) is 0. The Morgan fingerprint density at radius 3 is 1.67 bits per heavy atom. The molecule has 0 radical (unpaired) electrons. The van der Waals surface area contributed by atoms with E-state index in [9.17, 15) is 0 Å². The second-order valence-corrected chi connectivity index (χ2v) is 14.9. The smallest absolute Gasteiger partial charge is 0.399 e. The van der Waals surface area contributed by atoms with Crippen molar-refractivity contribution in [2.45, 2.75) is 58.2 Å². The van der Waals surface area contributed by atoms with Gasteiger partial charge in [-0.2, -0.15) is 0 Å². The van der Waals surface area contributed by atoms with Crippen molar-refractivity contribution in [3.8, 4) is 33.4 Å². The molecule has 0 atom stereocenters. The van der Waals surface area contributed by atoms with Crippen molar-refractivity contribution in [2.24, 2.45) is 0 Å². The Balaban J connectivity index is 1.32. The van der Waals surface area contributed by atoms with Crippen LogP contribution in [0, 0.1) is 0 Å². The van der Waals surface area contributed by atoms with Gasteiger partial charge >= 0.3 is 7.12 Å². The molecule has 2 aliphatic rings. The minimum Gasteiger partial charge on any atom is -0.399 e. The lowest BCUT2D eigenvalue weighted by Gasteiger charge is -2.32. The van der Waals surface area contributed by atoms with Crippen molar-refractivity contribution >= 4 is 29.6 Å². The molecule has 6 aromatic carbocycles. The molecule has 0 aromatic heterocycles. The Labute approximate surface area is 291 Å². The molecule has 4 heteroatoms. The normalized spacial score (nSPS) is 16.7. The minimum absolute atomic E-state index is 0.123. The Kier molecular flexibility index (Phi) is 7.44. The van der Waals surface area contributed by atoms with Gasteiger partial charge in [0.1, 0.15) is 0 Å². The van der Waals surface area contributed by atoms with Crippen molar-refractivity contribution in [3.63, 3.8) is 0 Å². The summed E-state index contributed by atoms with van der Waals surface area (Å²) < 4.78 is 12.9. The van der Waals surface area contributed by atoms with Gasteiger partial charge in [0.05, 0.1) is 16.9 Å². The van der Waals surface area contributed by atoms with Gasteiger partial charge in [0.15, 0.2) is 0 Å². The fraction of sp³-hybridized carbons (Fsp3) is 0.200. The summed E-state index contributed by atoms with van der Waals surface area (Å²) in [5.41, 5.74) is 13.4. The first kappa shape index (κ1) is 31.4. The van der Waals surface area contributed by atoms with Gasteiger partial charge in [-0.1, -0.05) is 129 Å². The SMILES string of the molecule is CC1(C)c2ccccc2-c2ccc(N(c3ccc(B4OC(C)(C)C(C)(C)O4)cc3)c3cc(-c4ccccc4)ccc3-c3ccccc3)cc21. The van der Waals surface area contributed by atoms with Gasteiger partial charge in [-0.3, -0.25) is 0 Å². The Bertz CT molecular complexity index is 2140. The predicted molar refractivity (Wildman–Crippen MR) is 205 cm³/mol. The van der Waals surface area contributed by atoms with E-state index < -0.39 is 18.3 Å². The van der Waals surface area contributed by atoms with Crippen molar-refractivity contribution in [1.29, 1.82) is 0 Å². The van der Waals surface area contributed by atoms with Gasteiger partial charge < -0.3 is 14.2 Å². The predicted octanol–water partition coefficient (Wildman–Crippen LogP) is 11.1. The van der Waals surface area contributed by atoms with E-state index in [1.54, 1.807) is 0 Å². The molecule has 242 valence electrons. The largest absolute Gasteiger partial charge is 0.494 e. The third kappa shape index (κ3) is 5.31. The summed E-state index contributed by atoms with van der Waals surface area (Å²) in [6.07, 6.45) is 0. The van der Waals surface area contributed by atoms with Crippen LogP contribution in [0.15, 0.2) is 146 Å². The van der Waals surface area contributed by atoms with Gasteiger partial charge in [-0.25, -0.2) is 0 Å². The zero-order chi connectivity index (χ0) is 34.0. The van der Waals surface area contributed by atoms with Crippen molar-refractivity contribution in [2.75, 3.05) is 4.90 Å². The molecule has 8 rings (SSSR count). The molecule has 1 saturated heterocycles. The first-order valence-corrected chi connectivity index (χ1v) is 17.3. The maximum absolute atomic E-state index is 6.43. The van der Waals surface area contributed by atoms with Gasteiger partial charge in [0, 0.05) is 22.4 Å². The van der Waals surface area contributed by atoms with Crippen LogP contribution in [0.3, 0.4) is 0 Å². The third-order valence-corrected chi connectivity index (χ3v) is 10.9. The average molecular weight is 640 g/mol. The molecule has 1 fully saturated rings. The highest BCUT2D eigenvalue weighted by atomic mass is 16.7. The van der Waals surface area contributed by atoms with Crippen LogP contribution < -0.4 is 10.4 Å². The Hall–Kier alpha value is -4.90. The fourth-order valence-electron chi connectivity index (χ4n) is 7.41. The van der Waals surface area contributed by atoms with Crippen molar-refractivity contribution < 1.29 is 9.31 Å². The molecule has 1 aliphatic heterocycles. The van der Waals surface area contributed by atoms with Gasteiger partial charge in [0.2, 0.25) is 0 Å². The lowest BCUT2D eigenvalue weighted by Crippen LogP contribution is -2.41. The summed E-state index contributed by atoms with van der Waals surface area (Å²) in [6, 6.07) is 52.7. The van der Waals surface area contributed by atoms with Crippen LogP contribution in [0.25, 0.3) is 33.4 Å². The number of hydrogen-bond acceptors (Lipinski definition) is 3. The van der Waals surface area contributed by atoms with E-state index in [1.807, 2.05) is 0 Å². The first-order valence-electron chi connectivity index (χ1n) is 17.3. The second-order valence-electron chi connectivity index (χ2n) is 14.9. The molecule has 3 nitrogen and oxygen atoms in total. The number of fused-ring (bicyclic) bond motifs is 3. The highest BCUT2D eigenvalue weighted by molar-refractivity contribution is 6.62. The molecule has 0 amide bonds. The third-order valence-electron chi connectivity index (χ3n) is 10.9. The van der Waals surface area contributed by atoms with Crippen LogP contribution >= 0.6 is 0 Å². The summed E-state index contributed by atoms with van der Waals surface area (Å²) in [5.74, 6) is 0. The summed E-state index contributed by atoms with van der Waals surface area (Å²) >= 11 is 0. The van der Waals surface area contributed by atoms with Gasteiger partial charge in [0.25, 0.3) is 0 Å². The van der Waals surface area contributed by atoms with E-state index in [1.165, 1.54) is 44.5 Å². The number of nitrogens with zero attached hydrogens (tertiary/aromatic N) is 1. The zero-order valence-corrected chi connectivity index (χ0v) is 29.2. The van der Waals surface area contributed by atoms with E-state index in [0.717, 1.165) is 22.5 Å². The highest BCUT2D eigenvalue weighted by Gasteiger charge is 2.51. The van der Waals surface area contributed by atoms with Gasteiger partial charge in [-0.15, -0.1) is 0 Å². The minimum atomic E-state index is -0.423. The molecule has 49 heavy (non-hydrogen) atoms. The van der Waals surface area contributed by atoms with E-state index in [-0.39, 0.29) is 5.41 Å². The van der Waals surface area contributed by atoms with E-state index in [2.05, 4.69) is 192 Å². The summed E-state index contributed by atoms with van der Waals surface area (Å²) in [5, 5.41) is 0. The van der Waals surface area contributed by atoms with Crippen LogP contribution in [0.5, 0.6) is 0 Å². The molecular weight excluding hydrogens is 597 g/mol. The maximum Gasteiger partial charge on any atom is 0.494 e. The summed E-state index contributed by atoms with van der Waals surface area (Å²) in [7, 11) is -0.423. The van der Waals surface area contributed by atoms with E-state index >= 15 is 0 Å².